The number of pyridine rings is 1. The molecule has 3 nitrogen and oxygen atoms in total. The lowest BCUT2D eigenvalue weighted by atomic mass is 10.3. The third-order valence-corrected chi connectivity index (χ3v) is 1.75. The van der Waals surface area contributed by atoms with Gasteiger partial charge in [-0.25, -0.2) is 0 Å². The molecule has 2 rings (SSSR count). The van der Waals surface area contributed by atoms with Crippen LogP contribution in [0.25, 0.3) is 11.0 Å². The van der Waals surface area contributed by atoms with Crippen LogP contribution in [0.5, 0.6) is 5.75 Å². The number of hydrogen-bond acceptors (Lipinski definition) is 2. The number of rotatable bonds is 2. The molecule has 2 heterocycles. The predicted molar refractivity (Wildman–Crippen MR) is 51.9 cm³/mol. The molecule has 3 heteroatoms. The van der Waals surface area contributed by atoms with Crippen LogP contribution in [0.2, 0.25) is 0 Å². The summed E-state index contributed by atoms with van der Waals surface area (Å²) in [6.07, 6.45) is 3.81. The fraction of sp³-hybridized carbons (Fsp3) is 0.300. The van der Waals surface area contributed by atoms with Gasteiger partial charge in [0, 0.05) is 12.3 Å². The van der Waals surface area contributed by atoms with Crippen LogP contribution in [0.1, 0.15) is 13.8 Å². The lowest BCUT2D eigenvalue weighted by Crippen LogP contribution is -2.05. The third-order valence-electron chi connectivity index (χ3n) is 1.75. The van der Waals surface area contributed by atoms with Crippen molar-refractivity contribution >= 4 is 11.0 Å². The van der Waals surface area contributed by atoms with E-state index < -0.39 is 0 Å². The van der Waals surface area contributed by atoms with E-state index in [0.29, 0.717) is 0 Å². The van der Waals surface area contributed by atoms with Crippen molar-refractivity contribution in [3.8, 4) is 5.75 Å². The van der Waals surface area contributed by atoms with Gasteiger partial charge in [-0.1, -0.05) is 0 Å². The minimum absolute atomic E-state index is 0.189. The summed E-state index contributed by atoms with van der Waals surface area (Å²) in [5.41, 5.74) is 1.98. The molecule has 0 radical (unpaired) electrons. The fourth-order valence-electron chi connectivity index (χ4n) is 1.25. The van der Waals surface area contributed by atoms with E-state index in [1.54, 1.807) is 6.20 Å². The fourth-order valence-corrected chi connectivity index (χ4v) is 1.25. The second kappa shape index (κ2) is 3.09. The third kappa shape index (κ3) is 1.64. The minimum Gasteiger partial charge on any atom is -0.489 e. The number of aromatic amines is 1. The lowest BCUT2D eigenvalue weighted by molar-refractivity contribution is 0.242. The summed E-state index contributed by atoms with van der Waals surface area (Å²) in [6, 6.07) is 3.90. The van der Waals surface area contributed by atoms with Crippen LogP contribution >= 0.6 is 0 Å². The van der Waals surface area contributed by atoms with Crippen molar-refractivity contribution in [2.75, 3.05) is 0 Å². The topological polar surface area (TPSA) is 37.9 Å². The van der Waals surface area contributed by atoms with Crippen molar-refractivity contribution in [2.45, 2.75) is 20.0 Å². The van der Waals surface area contributed by atoms with Gasteiger partial charge in [-0.2, -0.15) is 0 Å². The van der Waals surface area contributed by atoms with Gasteiger partial charge in [0.25, 0.3) is 0 Å². The van der Waals surface area contributed by atoms with Gasteiger partial charge in [-0.3, -0.25) is 4.98 Å². The number of nitrogens with one attached hydrogen (secondary N) is 1. The summed E-state index contributed by atoms with van der Waals surface area (Å²) in [6.45, 7) is 4.00. The van der Waals surface area contributed by atoms with Crippen molar-refractivity contribution in [1.29, 1.82) is 0 Å². The van der Waals surface area contributed by atoms with Gasteiger partial charge in [-0.05, 0) is 19.9 Å². The molecule has 1 N–H and O–H groups in total. The highest BCUT2D eigenvalue weighted by Gasteiger charge is 2.00. The van der Waals surface area contributed by atoms with Crippen LogP contribution in [0.3, 0.4) is 0 Å². The van der Waals surface area contributed by atoms with E-state index in [1.807, 2.05) is 32.2 Å². The highest BCUT2D eigenvalue weighted by molar-refractivity contribution is 5.75. The first-order valence-corrected chi connectivity index (χ1v) is 4.35. The van der Waals surface area contributed by atoms with Crippen LogP contribution in [0.15, 0.2) is 24.5 Å². The summed E-state index contributed by atoms with van der Waals surface area (Å²) >= 11 is 0. The average molecular weight is 176 g/mol. The van der Waals surface area contributed by atoms with Crippen LogP contribution in [0, 0.1) is 0 Å². The Hall–Kier alpha value is -1.51. The van der Waals surface area contributed by atoms with Crippen LogP contribution in [-0.2, 0) is 0 Å². The van der Waals surface area contributed by atoms with Crippen molar-refractivity contribution in [3.05, 3.63) is 24.5 Å². The number of nitrogens with zero attached hydrogens (tertiary/aromatic N) is 1. The lowest BCUT2D eigenvalue weighted by Gasteiger charge is -2.08. The van der Waals surface area contributed by atoms with Gasteiger partial charge in [0.1, 0.15) is 5.75 Å². The van der Waals surface area contributed by atoms with Gasteiger partial charge in [0.2, 0.25) is 0 Å². The quantitative estimate of drug-likeness (QED) is 0.762. The molecule has 2 aromatic heterocycles. The average Bonchev–Trinajstić information content (AvgIpc) is 2.49. The number of fused-ring (bicyclic) bond motifs is 1. The molecule has 0 spiro atoms. The molecule has 0 unspecified atom stereocenters. The Morgan fingerprint density at radius 3 is 3.08 bits per heavy atom. The number of hydrogen-bond donors (Lipinski definition) is 1. The maximum absolute atomic E-state index is 5.51. The smallest absolute Gasteiger partial charge is 0.140 e. The SMILES string of the molecule is CC(C)Oc1cnc2cc[nH]c2c1. The first-order valence-electron chi connectivity index (χ1n) is 4.35. The van der Waals surface area contributed by atoms with Gasteiger partial charge in [-0.15, -0.1) is 0 Å². The summed E-state index contributed by atoms with van der Waals surface area (Å²) < 4.78 is 5.51. The molecule has 0 atom stereocenters. The molecule has 0 saturated carbocycles. The molecule has 13 heavy (non-hydrogen) atoms. The maximum Gasteiger partial charge on any atom is 0.140 e. The molecule has 0 fully saturated rings. The zero-order valence-electron chi connectivity index (χ0n) is 7.74. The summed E-state index contributed by atoms with van der Waals surface area (Å²) in [5, 5.41) is 0. The summed E-state index contributed by atoms with van der Waals surface area (Å²) in [4.78, 5) is 7.33. The Morgan fingerprint density at radius 1 is 1.46 bits per heavy atom. The van der Waals surface area contributed by atoms with Gasteiger partial charge in [0.05, 0.1) is 23.3 Å². The number of H-pyrrole nitrogens is 1. The van der Waals surface area contributed by atoms with E-state index in [1.165, 1.54) is 0 Å². The Balaban J connectivity index is 2.37. The van der Waals surface area contributed by atoms with Crippen molar-refractivity contribution in [1.82, 2.24) is 9.97 Å². The molecule has 0 aliphatic carbocycles. The number of ether oxygens (including phenoxy) is 1. The van der Waals surface area contributed by atoms with Crippen LogP contribution in [0.4, 0.5) is 0 Å². The minimum atomic E-state index is 0.189. The van der Waals surface area contributed by atoms with Crippen molar-refractivity contribution in [3.63, 3.8) is 0 Å². The molecule has 2 aromatic rings. The van der Waals surface area contributed by atoms with E-state index in [4.69, 9.17) is 4.74 Å². The van der Waals surface area contributed by atoms with Gasteiger partial charge in [0.15, 0.2) is 0 Å². The second-order valence-electron chi connectivity index (χ2n) is 3.25. The predicted octanol–water partition coefficient (Wildman–Crippen LogP) is 2.35. The Morgan fingerprint density at radius 2 is 2.31 bits per heavy atom. The molecule has 0 aliphatic rings. The van der Waals surface area contributed by atoms with Crippen LogP contribution < -0.4 is 4.74 Å². The molecule has 0 saturated heterocycles. The standard InChI is InChI=1S/C10H12N2O/c1-7(2)13-8-5-10-9(12-6-8)3-4-11-10/h3-7,11H,1-2H3. The van der Waals surface area contributed by atoms with Gasteiger partial charge < -0.3 is 9.72 Å². The monoisotopic (exact) mass is 176 g/mol. The zero-order chi connectivity index (χ0) is 9.26. The molecular formula is C10H12N2O. The van der Waals surface area contributed by atoms with E-state index in [-0.39, 0.29) is 6.10 Å². The first kappa shape index (κ1) is 8.10. The Labute approximate surface area is 76.8 Å². The highest BCUT2D eigenvalue weighted by Crippen LogP contribution is 2.17. The molecule has 0 amide bonds. The molecule has 0 aliphatic heterocycles. The molecular weight excluding hydrogens is 164 g/mol. The van der Waals surface area contributed by atoms with E-state index >= 15 is 0 Å². The molecule has 0 aromatic carbocycles. The van der Waals surface area contributed by atoms with E-state index in [2.05, 4.69) is 9.97 Å². The van der Waals surface area contributed by atoms with E-state index in [9.17, 15) is 0 Å². The van der Waals surface area contributed by atoms with Crippen molar-refractivity contribution < 1.29 is 4.74 Å². The largest absolute Gasteiger partial charge is 0.489 e. The summed E-state index contributed by atoms with van der Waals surface area (Å²) in [5.74, 6) is 0.810. The highest BCUT2D eigenvalue weighted by atomic mass is 16.5. The second-order valence-corrected chi connectivity index (χ2v) is 3.25. The van der Waals surface area contributed by atoms with E-state index in [0.717, 1.165) is 16.8 Å². The van der Waals surface area contributed by atoms with Crippen molar-refractivity contribution in [2.24, 2.45) is 0 Å². The summed E-state index contributed by atoms with van der Waals surface area (Å²) in [7, 11) is 0. The maximum atomic E-state index is 5.51. The number of aromatic nitrogens is 2. The Kier molecular flexibility index (Phi) is 1.93. The molecule has 68 valence electrons. The van der Waals surface area contributed by atoms with Crippen LogP contribution in [-0.4, -0.2) is 16.1 Å². The molecule has 0 bridgehead atoms. The first-order chi connectivity index (χ1) is 6.25. The van der Waals surface area contributed by atoms with Gasteiger partial charge >= 0.3 is 0 Å². The zero-order valence-corrected chi connectivity index (χ0v) is 7.74. The normalized spacial score (nSPS) is 11.0. The Bertz CT molecular complexity index is 406.